The average Bonchev–Trinajstić information content (AvgIpc) is 3.09. The van der Waals surface area contributed by atoms with Crippen LogP contribution in [0.5, 0.6) is 0 Å². The summed E-state index contributed by atoms with van der Waals surface area (Å²) in [5.74, 6) is 0. The van der Waals surface area contributed by atoms with Gasteiger partial charge in [-0.2, -0.15) is 0 Å². The van der Waals surface area contributed by atoms with E-state index in [1.54, 1.807) is 0 Å². The molecule has 1 aromatic rings. The molecule has 0 aromatic carbocycles. The molecule has 0 radical (unpaired) electrons. The Hall–Kier alpha value is -0.910. The van der Waals surface area contributed by atoms with E-state index in [9.17, 15) is 0 Å². The van der Waals surface area contributed by atoms with Gasteiger partial charge in [-0.15, -0.1) is 0 Å². The van der Waals surface area contributed by atoms with Gasteiger partial charge in [-0.25, -0.2) is 4.98 Å². The highest BCUT2D eigenvalue weighted by molar-refractivity contribution is 5.04. The summed E-state index contributed by atoms with van der Waals surface area (Å²) in [5, 5.41) is 3.96. The maximum Gasteiger partial charge on any atom is 0.100 e. The number of nitrogens with zero attached hydrogens (tertiary/aromatic N) is 3. The van der Waals surface area contributed by atoms with Gasteiger partial charge in [0.1, 0.15) is 6.10 Å². The topological polar surface area (TPSA) is 42.3 Å². The number of aromatic nitrogens is 2. The number of piperidine rings is 1. The minimum Gasteiger partial charge on any atom is -0.372 e. The lowest BCUT2D eigenvalue weighted by atomic mass is 9.91. The van der Waals surface area contributed by atoms with Crippen LogP contribution in [0, 0.1) is 0 Å². The number of nitrogens with one attached hydrogen (secondary N) is 1. The third-order valence-electron chi connectivity index (χ3n) is 6.56. The summed E-state index contributed by atoms with van der Waals surface area (Å²) in [6.07, 6.45) is 16.1. The van der Waals surface area contributed by atoms with E-state index in [4.69, 9.17) is 4.74 Å². The van der Waals surface area contributed by atoms with Gasteiger partial charge < -0.3 is 19.5 Å². The molecular weight excluding hydrogens is 312 g/mol. The van der Waals surface area contributed by atoms with E-state index < -0.39 is 0 Å². The quantitative estimate of drug-likeness (QED) is 0.910. The summed E-state index contributed by atoms with van der Waals surface area (Å²) in [6.45, 7) is 3.43. The fourth-order valence-electron chi connectivity index (χ4n) is 5.04. The molecule has 140 valence electrons. The monoisotopic (exact) mass is 346 g/mol. The van der Waals surface area contributed by atoms with Crippen LogP contribution in [0.3, 0.4) is 0 Å². The molecule has 25 heavy (non-hydrogen) atoms. The van der Waals surface area contributed by atoms with Crippen LogP contribution in [0.25, 0.3) is 0 Å². The molecule has 1 N–H and O–H groups in total. The number of aryl methyl sites for hydroxylation is 1. The summed E-state index contributed by atoms with van der Waals surface area (Å²) in [4.78, 5) is 7.02. The zero-order chi connectivity index (χ0) is 17.1. The zero-order valence-electron chi connectivity index (χ0n) is 15.7. The number of likely N-dealkylation sites (tertiary alicyclic amines) is 1. The van der Waals surface area contributed by atoms with Gasteiger partial charge in [-0.05, 0) is 51.6 Å². The Morgan fingerprint density at radius 2 is 1.84 bits per heavy atom. The van der Waals surface area contributed by atoms with Crippen LogP contribution in [0.4, 0.5) is 0 Å². The lowest BCUT2D eigenvalue weighted by Gasteiger charge is -2.41. The van der Waals surface area contributed by atoms with E-state index in [1.165, 1.54) is 63.7 Å². The van der Waals surface area contributed by atoms with Crippen molar-refractivity contribution in [2.75, 3.05) is 19.7 Å². The first-order valence-corrected chi connectivity index (χ1v) is 10.4. The van der Waals surface area contributed by atoms with Crippen LogP contribution in [0.2, 0.25) is 0 Å². The van der Waals surface area contributed by atoms with Crippen LogP contribution >= 0.6 is 0 Å². The second-order valence-electron chi connectivity index (χ2n) is 8.28. The Labute approximate surface area is 152 Å². The Morgan fingerprint density at radius 3 is 2.56 bits per heavy atom. The van der Waals surface area contributed by atoms with Crippen LogP contribution in [-0.4, -0.2) is 52.3 Å². The molecule has 2 saturated heterocycles. The molecule has 4 rings (SSSR count). The number of ether oxygens (including phenoxy) is 1. The first-order valence-electron chi connectivity index (χ1n) is 10.4. The van der Waals surface area contributed by atoms with Crippen molar-refractivity contribution in [2.45, 2.75) is 82.0 Å². The molecule has 0 bridgehead atoms. The summed E-state index contributed by atoms with van der Waals surface area (Å²) < 4.78 is 8.10. The lowest BCUT2D eigenvalue weighted by Crippen LogP contribution is -2.50. The first kappa shape index (κ1) is 17.5. The van der Waals surface area contributed by atoms with Crippen molar-refractivity contribution in [2.24, 2.45) is 7.05 Å². The van der Waals surface area contributed by atoms with Crippen molar-refractivity contribution in [1.82, 2.24) is 19.8 Å². The minimum atomic E-state index is 0.195. The van der Waals surface area contributed by atoms with E-state index in [1.807, 2.05) is 12.5 Å². The summed E-state index contributed by atoms with van der Waals surface area (Å²) in [5.41, 5.74) is 1.21. The van der Waals surface area contributed by atoms with Crippen molar-refractivity contribution in [3.63, 3.8) is 0 Å². The van der Waals surface area contributed by atoms with Crippen molar-refractivity contribution in [3.05, 3.63) is 18.2 Å². The zero-order valence-corrected chi connectivity index (χ0v) is 15.7. The Bertz CT molecular complexity index is 532. The fourth-order valence-corrected chi connectivity index (χ4v) is 5.04. The van der Waals surface area contributed by atoms with Gasteiger partial charge in [-0.1, -0.05) is 19.3 Å². The fraction of sp³-hybridized carbons (Fsp3) is 0.850. The molecule has 0 unspecified atom stereocenters. The van der Waals surface area contributed by atoms with Crippen LogP contribution in [-0.2, 0) is 11.8 Å². The van der Waals surface area contributed by atoms with E-state index in [0.29, 0.717) is 12.1 Å². The molecule has 2 atom stereocenters. The average molecular weight is 347 g/mol. The van der Waals surface area contributed by atoms with Gasteiger partial charge in [0, 0.05) is 31.8 Å². The second-order valence-corrected chi connectivity index (χ2v) is 8.28. The van der Waals surface area contributed by atoms with Crippen LogP contribution in [0.1, 0.15) is 69.6 Å². The summed E-state index contributed by atoms with van der Waals surface area (Å²) >= 11 is 0. The standard InChI is InChI=1S/C20H34N4O/c1-23-15-21-14-19(23)20-13-17(9-12-25-20)22-16-7-10-24(11-8-16)18-5-3-2-4-6-18/h14-18,20,22H,2-13H2,1H3/t17-,20+/m1/s1. The molecule has 3 aliphatic rings. The van der Waals surface area contributed by atoms with Crippen molar-refractivity contribution in [1.29, 1.82) is 0 Å². The van der Waals surface area contributed by atoms with Gasteiger partial charge in [0.05, 0.1) is 18.2 Å². The normalized spacial score (nSPS) is 30.6. The Balaban J connectivity index is 1.25. The Kier molecular flexibility index (Phi) is 5.73. The largest absolute Gasteiger partial charge is 0.372 e. The van der Waals surface area contributed by atoms with Crippen LogP contribution in [0.15, 0.2) is 12.5 Å². The number of hydrogen-bond donors (Lipinski definition) is 1. The smallest absolute Gasteiger partial charge is 0.100 e. The molecule has 3 fully saturated rings. The SMILES string of the molecule is Cn1cncc1[C@@H]1C[C@H](NC2CCN(C3CCCCC3)CC2)CCO1. The second kappa shape index (κ2) is 8.19. The first-order chi connectivity index (χ1) is 12.3. The third-order valence-corrected chi connectivity index (χ3v) is 6.56. The van der Waals surface area contributed by atoms with E-state index in [2.05, 4.69) is 26.8 Å². The molecule has 2 aliphatic heterocycles. The Morgan fingerprint density at radius 1 is 1.04 bits per heavy atom. The van der Waals surface area contributed by atoms with Gasteiger partial charge in [0.15, 0.2) is 0 Å². The highest BCUT2D eigenvalue weighted by Gasteiger charge is 2.30. The maximum atomic E-state index is 6.01. The number of rotatable bonds is 4. The van der Waals surface area contributed by atoms with E-state index in [-0.39, 0.29) is 6.10 Å². The lowest BCUT2D eigenvalue weighted by molar-refractivity contribution is -0.00777. The predicted octanol–water partition coefficient (Wildman–Crippen LogP) is 3.03. The molecule has 0 amide bonds. The van der Waals surface area contributed by atoms with Crippen molar-refractivity contribution in [3.8, 4) is 0 Å². The molecule has 5 nitrogen and oxygen atoms in total. The molecule has 5 heteroatoms. The molecule has 0 spiro atoms. The molecule has 1 aromatic heterocycles. The van der Waals surface area contributed by atoms with E-state index >= 15 is 0 Å². The van der Waals surface area contributed by atoms with Gasteiger partial charge in [0.2, 0.25) is 0 Å². The molecule has 1 aliphatic carbocycles. The number of hydrogen-bond acceptors (Lipinski definition) is 4. The molecule has 3 heterocycles. The van der Waals surface area contributed by atoms with Gasteiger partial charge >= 0.3 is 0 Å². The summed E-state index contributed by atoms with van der Waals surface area (Å²) in [6, 6.07) is 2.15. The highest BCUT2D eigenvalue weighted by atomic mass is 16.5. The van der Waals surface area contributed by atoms with Crippen molar-refractivity contribution >= 4 is 0 Å². The van der Waals surface area contributed by atoms with Crippen molar-refractivity contribution < 1.29 is 4.74 Å². The molecular formula is C20H34N4O. The number of imidazole rings is 1. The van der Waals surface area contributed by atoms with Crippen LogP contribution < -0.4 is 5.32 Å². The minimum absolute atomic E-state index is 0.195. The van der Waals surface area contributed by atoms with E-state index in [0.717, 1.165) is 25.5 Å². The third kappa shape index (κ3) is 4.26. The predicted molar refractivity (Wildman–Crippen MR) is 99.5 cm³/mol. The summed E-state index contributed by atoms with van der Waals surface area (Å²) in [7, 11) is 2.06. The highest BCUT2D eigenvalue weighted by Crippen LogP contribution is 2.29. The molecule has 1 saturated carbocycles. The maximum absolute atomic E-state index is 6.01. The van der Waals surface area contributed by atoms with Gasteiger partial charge in [-0.3, -0.25) is 0 Å². The van der Waals surface area contributed by atoms with Gasteiger partial charge in [0.25, 0.3) is 0 Å².